The summed E-state index contributed by atoms with van der Waals surface area (Å²) in [6, 6.07) is 13.6. The highest BCUT2D eigenvalue weighted by molar-refractivity contribution is 9.10. The molecule has 2 aromatic carbocycles. The highest BCUT2D eigenvalue weighted by Crippen LogP contribution is 2.70. The monoisotopic (exact) mass is 404 g/mol. The number of methoxy groups -OCH3 is 1. The number of hydrogen-bond donors (Lipinski definition) is 0. The van der Waals surface area contributed by atoms with E-state index in [-0.39, 0.29) is 11.8 Å². The number of benzene rings is 2. The Bertz CT molecular complexity index is 649. The predicted octanol–water partition coefficient (Wildman–Crippen LogP) is 6.17. The van der Waals surface area contributed by atoms with E-state index in [1.54, 1.807) is 7.11 Å². The molecule has 2 atom stereocenters. The van der Waals surface area contributed by atoms with Crippen molar-refractivity contribution < 1.29 is 4.74 Å². The Balaban J connectivity index is 1.93. The summed E-state index contributed by atoms with van der Waals surface area (Å²) in [4.78, 5) is 0. The molecule has 0 radical (unpaired) electrons. The molecule has 0 unspecified atom stereocenters. The molecular weight excluding hydrogens is 394 g/mol. The lowest BCUT2D eigenvalue weighted by molar-refractivity contribution is 0.414. The first kappa shape index (κ1) is 15.5. The third kappa shape index (κ3) is 2.92. The quantitative estimate of drug-likeness (QED) is 0.554. The minimum absolute atomic E-state index is 0.0317. The van der Waals surface area contributed by atoms with Gasteiger partial charge in [0.05, 0.1) is 7.11 Å². The Labute approximate surface area is 147 Å². The fraction of sp³-hybridized carbons (Fsp3) is 0.250. The third-order valence-electron chi connectivity index (χ3n) is 3.77. The van der Waals surface area contributed by atoms with Gasteiger partial charge in [0.1, 0.15) is 10.1 Å². The van der Waals surface area contributed by atoms with Crippen molar-refractivity contribution in [3.63, 3.8) is 0 Å². The molecule has 0 amide bonds. The zero-order chi connectivity index (χ0) is 15.2. The van der Waals surface area contributed by atoms with Gasteiger partial charge in [0.15, 0.2) is 0 Å². The van der Waals surface area contributed by atoms with Crippen LogP contribution in [0, 0.1) is 0 Å². The van der Waals surface area contributed by atoms with Gasteiger partial charge in [-0.05, 0) is 41.5 Å². The Morgan fingerprint density at radius 1 is 1.00 bits per heavy atom. The molecule has 1 saturated carbocycles. The van der Waals surface area contributed by atoms with Gasteiger partial charge < -0.3 is 4.74 Å². The summed E-state index contributed by atoms with van der Waals surface area (Å²) in [5.74, 6) is 0.900. The highest BCUT2D eigenvalue weighted by atomic mass is 79.9. The van der Waals surface area contributed by atoms with Crippen LogP contribution in [0.25, 0.3) is 0 Å². The first-order valence-electron chi connectivity index (χ1n) is 6.41. The second-order valence-electron chi connectivity index (χ2n) is 5.11. The van der Waals surface area contributed by atoms with E-state index in [4.69, 9.17) is 39.5 Å². The largest absolute Gasteiger partial charge is 0.497 e. The second kappa shape index (κ2) is 5.66. The first-order valence-corrected chi connectivity index (χ1v) is 8.34. The summed E-state index contributed by atoms with van der Waals surface area (Å²) in [6.07, 6.45) is 0. The summed E-state index contributed by atoms with van der Waals surface area (Å²) >= 11 is 22.6. The van der Waals surface area contributed by atoms with Gasteiger partial charge in [0.2, 0.25) is 0 Å². The van der Waals surface area contributed by atoms with Crippen molar-refractivity contribution in [1.29, 1.82) is 0 Å². The van der Waals surface area contributed by atoms with Crippen LogP contribution in [0.4, 0.5) is 0 Å². The second-order valence-corrected chi connectivity index (χ2v) is 7.90. The Hall–Kier alpha value is -0.410. The van der Waals surface area contributed by atoms with Crippen LogP contribution in [0.1, 0.15) is 23.0 Å². The number of alkyl halides is 2. The van der Waals surface area contributed by atoms with Crippen LogP contribution in [0.2, 0.25) is 5.02 Å². The van der Waals surface area contributed by atoms with E-state index in [1.807, 2.05) is 42.5 Å². The molecule has 1 fully saturated rings. The minimum Gasteiger partial charge on any atom is -0.497 e. The van der Waals surface area contributed by atoms with Gasteiger partial charge in [-0.2, -0.15) is 0 Å². The Morgan fingerprint density at radius 3 is 2.19 bits per heavy atom. The van der Waals surface area contributed by atoms with E-state index in [0.29, 0.717) is 5.02 Å². The average molecular weight is 407 g/mol. The molecule has 1 aliphatic carbocycles. The minimum atomic E-state index is -0.807. The Morgan fingerprint density at radius 2 is 1.62 bits per heavy atom. The molecule has 1 nitrogen and oxygen atoms in total. The van der Waals surface area contributed by atoms with E-state index in [2.05, 4.69) is 15.9 Å². The number of hydrogen-bond acceptors (Lipinski definition) is 1. The van der Waals surface area contributed by atoms with Gasteiger partial charge in [0, 0.05) is 21.3 Å². The maximum Gasteiger partial charge on any atom is 0.133 e. The van der Waals surface area contributed by atoms with E-state index in [0.717, 1.165) is 21.3 Å². The number of ether oxygens (including phenoxy) is 1. The van der Waals surface area contributed by atoms with Crippen molar-refractivity contribution in [2.24, 2.45) is 0 Å². The standard InChI is InChI=1S/C16H12BrCl3O/c1-21-13-4-2-9(3-5-13)14-15(16(14,19)20)10-6-11(17)8-12(18)7-10/h2-8,14-15H,1H3/t14-,15-/m1/s1. The van der Waals surface area contributed by atoms with Gasteiger partial charge in [-0.15, -0.1) is 23.2 Å². The van der Waals surface area contributed by atoms with E-state index in [1.165, 1.54) is 0 Å². The molecule has 21 heavy (non-hydrogen) atoms. The van der Waals surface area contributed by atoms with Crippen LogP contribution in [0.5, 0.6) is 5.75 Å². The fourth-order valence-corrected chi connectivity index (χ4v) is 4.49. The summed E-state index contributed by atoms with van der Waals surface area (Å²) in [7, 11) is 1.64. The lowest BCUT2D eigenvalue weighted by Crippen LogP contribution is -1.91. The molecule has 0 N–H and O–H groups in total. The Kier molecular flexibility index (Phi) is 4.17. The van der Waals surface area contributed by atoms with Crippen LogP contribution < -0.4 is 4.74 Å². The summed E-state index contributed by atoms with van der Waals surface area (Å²) in [5, 5.41) is 0.670. The first-order chi connectivity index (χ1) is 9.93. The van der Waals surface area contributed by atoms with Crippen LogP contribution in [-0.4, -0.2) is 11.4 Å². The lowest BCUT2D eigenvalue weighted by atomic mass is 10.0. The molecule has 2 aromatic rings. The van der Waals surface area contributed by atoms with Crippen LogP contribution in [0.3, 0.4) is 0 Å². The average Bonchev–Trinajstić information content (AvgIpc) is 3.00. The van der Waals surface area contributed by atoms with Crippen LogP contribution >= 0.6 is 50.7 Å². The van der Waals surface area contributed by atoms with Gasteiger partial charge in [-0.1, -0.05) is 39.7 Å². The summed E-state index contributed by atoms with van der Waals surface area (Å²) < 4.78 is 5.29. The van der Waals surface area contributed by atoms with Crippen molar-refractivity contribution in [3.8, 4) is 5.75 Å². The van der Waals surface area contributed by atoms with Crippen molar-refractivity contribution in [1.82, 2.24) is 0 Å². The summed E-state index contributed by atoms with van der Waals surface area (Å²) in [5.41, 5.74) is 2.14. The molecule has 3 rings (SSSR count). The molecule has 0 aliphatic heterocycles. The van der Waals surface area contributed by atoms with Crippen molar-refractivity contribution >= 4 is 50.7 Å². The molecule has 5 heteroatoms. The molecule has 0 heterocycles. The molecular formula is C16H12BrCl3O. The van der Waals surface area contributed by atoms with Gasteiger partial charge in [-0.3, -0.25) is 0 Å². The molecule has 0 bridgehead atoms. The predicted molar refractivity (Wildman–Crippen MR) is 92.1 cm³/mol. The third-order valence-corrected chi connectivity index (χ3v) is 5.39. The topological polar surface area (TPSA) is 9.23 Å². The zero-order valence-corrected chi connectivity index (χ0v) is 15.0. The maximum atomic E-state index is 6.50. The maximum absolute atomic E-state index is 6.50. The highest BCUT2D eigenvalue weighted by Gasteiger charge is 2.64. The van der Waals surface area contributed by atoms with Crippen LogP contribution in [0.15, 0.2) is 46.9 Å². The van der Waals surface area contributed by atoms with E-state index in [9.17, 15) is 0 Å². The molecule has 1 aliphatic rings. The van der Waals surface area contributed by atoms with Gasteiger partial charge >= 0.3 is 0 Å². The SMILES string of the molecule is COc1ccc([C@@H]2[C@@H](c3cc(Cl)cc(Br)c3)C2(Cl)Cl)cc1. The van der Waals surface area contributed by atoms with E-state index >= 15 is 0 Å². The van der Waals surface area contributed by atoms with Crippen molar-refractivity contribution in [3.05, 3.63) is 63.1 Å². The van der Waals surface area contributed by atoms with Gasteiger partial charge in [-0.25, -0.2) is 0 Å². The molecule has 110 valence electrons. The number of halogens is 4. The van der Waals surface area contributed by atoms with Crippen molar-refractivity contribution in [2.45, 2.75) is 16.2 Å². The molecule has 0 spiro atoms. The van der Waals surface area contributed by atoms with E-state index < -0.39 is 4.33 Å². The van der Waals surface area contributed by atoms with Gasteiger partial charge in [0.25, 0.3) is 0 Å². The number of rotatable bonds is 3. The normalized spacial score (nSPS) is 22.9. The summed E-state index contributed by atoms with van der Waals surface area (Å²) in [6.45, 7) is 0. The molecule has 0 aromatic heterocycles. The van der Waals surface area contributed by atoms with Crippen molar-refractivity contribution in [2.75, 3.05) is 7.11 Å². The molecule has 0 saturated heterocycles. The van der Waals surface area contributed by atoms with Crippen LogP contribution in [-0.2, 0) is 0 Å². The lowest BCUT2D eigenvalue weighted by Gasteiger charge is -2.04. The zero-order valence-electron chi connectivity index (χ0n) is 11.1. The fourth-order valence-electron chi connectivity index (χ4n) is 2.72. The smallest absolute Gasteiger partial charge is 0.133 e.